The van der Waals surface area contributed by atoms with E-state index in [0.29, 0.717) is 53.9 Å². The Morgan fingerprint density at radius 3 is 2.17 bits per heavy atom. The number of nitrogens with two attached hydrogens (primary N) is 2. The van der Waals surface area contributed by atoms with Crippen molar-refractivity contribution in [3.05, 3.63) is 89.5 Å². The van der Waals surface area contributed by atoms with Gasteiger partial charge < -0.3 is 21.3 Å². The molecule has 58 heavy (non-hydrogen) atoms. The molecule has 0 aromatic heterocycles. The highest BCUT2D eigenvalue weighted by Crippen LogP contribution is 2.42. The first kappa shape index (κ1) is 42.4. The summed E-state index contributed by atoms with van der Waals surface area (Å²) in [6.45, 7) is 2.86. The number of anilines is 1. The highest BCUT2D eigenvalue weighted by atomic mass is 16.2. The molecule has 2 aliphatic carbocycles. The van der Waals surface area contributed by atoms with E-state index in [1.54, 1.807) is 11.9 Å². The minimum absolute atomic E-state index is 0.0789. The molecule has 0 saturated heterocycles. The van der Waals surface area contributed by atoms with E-state index in [-0.39, 0.29) is 11.4 Å². The summed E-state index contributed by atoms with van der Waals surface area (Å²) < 4.78 is 0. The van der Waals surface area contributed by atoms with Crippen LogP contribution in [0.1, 0.15) is 107 Å². The third-order valence-electron chi connectivity index (χ3n) is 13.1. The molecule has 10 nitrogen and oxygen atoms in total. The highest BCUT2D eigenvalue weighted by Gasteiger charge is 2.48. The summed E-state index contributed by atoms with van der Waals surface area (Å²) in [6, 6.07) is 26.4. The van der Waals surface area contributed by atoms with E-state index in [1.807, 2.05) is 56.4 Å². The van der Waals surface area contributed by atoms with E-state index >= 15 is 0 Å². The molecule has 3 aromatic rings. The van der Waals surface area contributed by atoms with Crippen LogP contribution in [0.5, 0.6) is 0 Å². The van der Waals surface area contributed by atoms with Crippen LogP contribution < -0.4 is 16.4 Å². The third kappa shape index (κ3) is 10.3. The first-order valence-corrected chi connectivity index (χ1v) is 21.4. The first-order chi connectivity index (χ1) is 27.8. The van der Waals surface area contributed by atoms with Crippen molar-refractivity contribution in [1.29, 1.82) is 5.26 Å². The lowest BCUT2D eigenvalue weighted by Crippen LogP contribution is -2.44. The molecule has 0 radical (unpaired) electrons. The Bertz CT molecular complexity index is 2010. The van der Waals surface area contributed by atoms with Gasteiger partial charge in [0.05, 0.1) is 11.6 Å². The standard InChI is InChI=1S/C30H46N4O2.C18H18N4/c1-33(2)26-14-12-23(13-15-26)19-27(35)20-24-10-7-11-25(18-24)21-30(28(36)34(3)29(31)32-30)17-16-22-8-5-4-6-9-22;1-18(12-22(2)17(20)21-18)16-8-4-7-15(10-16)14-6-3-5-13(9-14)11-19/h12-15,22,24-25H,4-11,16-21H2,1-3H3,(H2,31,32);3-10H,12H2,1-2H3,(H2,20,21)/t24-,25+,30-;/m1./s1. The predicted molar refractivity (Wildman–Crippen MR) is 235 cm³/mol. The lowest BCUT2D eigenvalue weighted by Gasteiger charge is -2.35. The number of rotatable bonds is 12. The van der Waals surface area contributed by atoms with E-state index in [9.17, 15) is 9.59 Å². The van der Waals surface area contributed by atoms with Crippen molar-refractivity contribution in [2.24, 2.45) is 39.2 Å². The number of nitriles is 1. The van der Waals surface area contributed by atoms with E-state index in [0.717, 1.165) is 79.4 Å². The van der Waals surface area contributed by atoms with E-state index in [4.69, 9.17) is 21.7 Å². The normalized spacial score (nSPS) is 24.7. The monoisotopic (exact) mass is 785 g/mol. The molecular formula is C48H64N8O2. The van der Waals surface area contributed by atoms with Gasteiger partial charge in [0, 0.05) is 53.3 Å². The largest absolute Gasteiger partial charge is 0.378 e. The van der Waals surface area contributed by atoms with Crippen molar-refractivity contribution in [2.75, 3.05) is 39.6 Å². The van der Waals surface area contributed by atoms with Crippen LogP contribution >= 0.6 is 0 Å². The van der Waals surface area contributed by atoms with Gasteiger partial charge in [0.1, 0.15) is 16.9 Å². The highest BCUT2D eigenvalue weighted by molar-refractivity contribution is 6.06. The van der Waals surface area contributed by atoms with Crippen LogP contribution in [-0.4, -0.2) is 73.7 Å². The zero-order valence-corrected chi connectivity index (χ0v) is 35.4. The topological polar surface area (TPSA) is 144 Å². The number of nitrogens with zero attached hydrogens (tertiary/aromatic N) is 6. The first-order valence-electron chi connectivity index (χ1n) is 21.4. The Morgan fingerprint density at radius 2 is 1.53 bits per heavy atom. The average Bonchev–Trinajstić information content (AvgIpc) is 3.62. The number of amides is 1. The van der Waals surface area contributed by atoms with Gasteiger partial charge in [0.25, 0.3) is 5.91 Å². The smallest absolute Gasteiger partial charge is 0.257 e. The van der Waals surface area contributed by atoms with E-state index in [1.165, 1.54) is 32.1 Å². The molecule has 3 aromatic carbocycles. The van der Waals surface area contributed by atoms with Crippen LogP contribution in [0.3, 0.4) is 0 Å². The van der Waals surface area contributed by atoms with Crippen LogP contribution in [0, 0.1) is 29.1 Å². The number of likely N-dealkylation sites (N-methyl/N-ethyl adjacent to an activating group) is 2. The molecule has 10 heteroatoms. The molecule has 0 bridgehead atoms. The fraction of sp³-hybridized carbons (Fsp3) is 0.521. The molecule has 1 unspecified atom stereocenters. The third-order valence-corrected chi connectivity index (χ3v) is 13.1. The van der Waals surface area contributed by atoms with Crippen LogP contribution in [-0.2, 0) is 21.5 Å². The zero-order chi connectivity index (χ0) is 41.5. The number of carbonyl (C=O) groups is 2. The number of hydrogen-bond donors (Lipinski definition) is 2. The summed E-state index contributed by atoms with van der Waals surface area (Å²) in [5.41, 5.74) is 17.2. The number of guanidine groups is 2. The second-order valence-corrected chi connectivity index (χ2v) is 17.9. The van der Waals surface area contributed by atoms with Gasteiger partial charge in [-0.25, -0.2) is 9.98 Å². The van der Waals surface area contributed by atoms with Crippen LogP contribution in [0.2, 0.25) is 0 Å². The van der Waals surface area contributed by atoms with Crippen LogP contribution in [0.4, 0.5) is 5.69 Å². The van der Waals surface area contributed by atoms with Crippen molar-refractivity contribution in [3.63, 3.8) is 0 Å². The number of benzene rings is 3. The van der Waals surface area contributed by atoms with Crippen molar-refractivity contribution in [2.45, 2.75) is 108 Å². The van der Waals surface area contributed by atoms with Crippen LogP contribution in [0.25, 0.3) is 11.1 Å². The number of hydrogen-bond acceptors (Lipinski definition) is 9. The maximum atomic E-state index is 13.4. The van der Waals surface area contributed by atoms with Crippen LogP contribution in [0.15, 0.2) is 82.8 Å². The second kappa shape index (κ2) is 18.6. The predicted octanol–water partition coefficient (Wildman–Crippen LogP) is 8.04. The molecule has 2 heterocycles. The lowest BCUT2D eigenvalue weighted by atomic mass is 9.71. The number of ketones is 1. The molecular weight excluding hydrogens is 721 g/mol. The van der Waals surface area contributed by atoms with Crippen molar-refractivity contribution >= 4 is 29.3 Å². The molecule has 2 fully saturated rings. The second-order valence-electron chi connectivity index (χ2n) is 17.9. The van der Waals surface area contributed by atoms with Crippen molar-refractivity contribution < 1.29 is 9.59 Å². The summed E-state index contributed by atoms with van der Waals surface area (Å²) in [7, 11) is 7.76. The molecule has 7 rings (SSSR count). The zero-order valence-electron chi connectivity index (χ0n) is 35.4. The Morgan fingerprint density at radius 1 is 0.862 bits per heavy atom. The maximum absolute atomic E-state index is 13.4. The average molecular weight is 785 g/mol. The fourth-order valence-corrected chi connectivity index (χ4v) is 9.73. The van der Waals surface area contributed by atoms with Gasteiger partial charge >= 0.3 is 0 Å². The van der Waals surface area contributed by atoms with Gasteiger partial charge in [-0.3, -0.25) is 14.5 Å². The van der Waals surface area contributed by atoms with Gasteiger partial charge in [-0.15, -0.1) is 0 Å². The Labute approximate surface area is 346 Å². The molecule has 2 aliphatic heterocycles. The Hall–Kier alpha value is -5.17. The Balaban J connectivity index is 0.000000220. The minimum Gasteiger partial charge on any atom is -0.378 e. The minimum atomic E-state index is -0.693. The number of Topliss-reactive ketones (excluding diaryl/α,β-unsaturated/α-hetero) is 1. The molecule has 308 valence electrons. The summed E-state index contributed by atoms with van der Waals surface area (Å²) >= 11 is 0. The SMILES string of the molecule is CN1C(=O)[C@@](CCC2CCCCC2)(C[C@H]2CCC[C@@H](CC(=O)Cc3ccc(N(C)C)cc3)C2)N=C1N.CN1CC(C)(c2cccc(-c3cccc(C#N)c3)c2)N=C1N. The molecule has 1 amide bonds. The number of aliphatic imine (C=N–C) groups is 2. The van der Waals surface area contributed by atoms with Gasteiger partial charge in [-0.05, 0) is 103 Å². The lowest BCUT2D eigenvalue weighted by molar-refractivity contribution is -0.131. The summed E-state index contributed by atoms with van der Waals surface area (Å²) in [5.74, 6) is 2.89. The maximum Gasteiger partial charge on any atom is 0.257 e. The Kier molecular flexibility index (Phi) is 13.6. The van der Waals surface area contributed by atoms with Gasteiger partial charge in [-0.2, -0.15) is 5.26 Å². The quantitative estimate of drug-likeness (QED) is 0.189. The van der Waals surface area contributed by atoms with E-state index < -0.39 is 5.54 Å². The number of carbonyl (C=O) groups excluding carboxylic acids is 2. The fourth-order valence-electron chi connectivity index (χ4n) is 9.73. The summed E-state index contributed by atoms with van der Waals surface area (Å²) in [5, 5.41) is 9.05. The summed E-state index contributed by atoms with van der Waals surface area (Å²) in [6.07, 6.45) is 14.7. The molecule has 2 saturated carbocycles. The van der Waals surface area contributed by atoms with Crippen molar-refractivity contribution in [1.82, 2.24) is 9.80 Å². The van der Waals surface area contributed by atoms with Gasteiger partial charge in [0.15, 0.2) is 11.9 Å². The molecule has 4 atom stereocenters. The summed E-state index contributed by atoms with van der Waals surface area (Å²) in [4.78, 5) is 41.3. The van der Waals surface area contributed by atoms with E-state index in [2.05, 4.69) is 65.3 Å². The molecule has 4 N–H and O–H groups in total. The molecule has 0 spiro atoms. The van der Waals surface area contributed by atoms with Gasteiger partial charge in [0.2, 0.25) is 0 Å². The van der Waals surface area contributed by atoms with Crippen molar-refractivity contribution in [3.8, 4) is 17.2 Å². The molecule has 4 aliphatic rings. The van der Waals surface area contributed by atoms with Gasteiger partial charge in [-0.1, -0.05) is 93.8 Å².